The van der Waals surface area contributed by atoms with Crippen molar-refractivity contribution in [1.82, 2.24) is 19.8 Å². The predicted octanol–water partition coefficient (Wildman–Crippen LogP) is 13.6. The van der Waals surface area contributed by atoms with Crippen molar-refractivity contribution >= 4 is 103 Å². The van der Waals surface area contributed by atoms with Crippen LogP contribution in [-0.4, -0.2) is 156 Å². The van der Waals surface area contributed by atoms with E-state index in [1.165, 1.54) is 18.1 Å². The summed E-state index contributed by atoms with van der Waals surface area (Å²) < 4.78 is 42.1. The Balaban J connectivity index is 0.000000180. The van der Waals surface area contributed by atoms with E-state index < -0.39 is 24.7 Å². The molecular weight excluding hydrogens is 1360 g/mol. The van der Waals surface area contributed by atoms with Gasteiger partial charge in [-0.05, 0) is 116 Å². The second kappa shape index (κ2) is 30.9. The molecule has 15 rings (SSSR count). The molecule has 103 heavy (non-hydrogen) atoms. The van der Waals surface area contributed by atoms with Crippen molar-refractivity contribution < 1.29 is 67.3 Å². The van der Waals surface area contributed by atoms with Crippen molar-refractivity contribution in [2.75, 3.05) is 80.1 Å². The summed E-state index contributed by atoms with van der Waals surface area (Å²) in [5, 5.41) is 24.8. The number of piperidine rings is 2. The van der Waals surface area contributed by atoms with Crippen LogP contribution in [0.5, 0.6) is 34.5 Å². The fourth-order valence-electron chi connectivity index (χ4n) is 15.3. The van der Waals surface area contributed by atoms with E-state index in [1.807, 2.05) is 83.9 Å². The Morgan fingerprint density at radius 1 is 0.602 bits per heavy atom. The fraction of sp³-hybridized carbons (Fsp3) is 0.367. The van der Waals surface area contributed by atoms with Crippen LogP contribution in [0.25, 0.3) is 21.5 Å². The van der Waals surface area contributed by atoms with Gasteiger partial charge >= 0.3 is 6.09 Å². The smallest absolute Gasteiger partial charge is 0.416 e. The number of pyridine rings is 2. The number of benzene rings is 6. The first-order valence-electron chi connectivity index (χ1n) is 35.1. The van der Waals surface area contributed by atoms with Crippen molar-refractivity contribution in [3.05, 3.63) is 179 Å². The van der Waals surface area contributed by atoms with E-state index >= 15 is 0 Å². The zero-order valence-corrected chi connectivity index (χ0v) is 58.9. The number of aromatic hydroxyl groups is 2. The number of anilines is 3. The average molecular weight is 1440 g/mol. The van der Waals surface area contributed by atoms with E-state index in [0.717, 1.165) is 84.2 Å². The van der Waals surface area contributed by atoms with Gasteiger partial charge in [0.25, 0.3) is 11.8 Å². The van der Waals surface area contributed by atoms with Crippen molar-refractivity contribution in [2.45, 2.75) is 120 Å². The molecule has 7 aliphatic rings. The Bertz CT molecular complexity index is 4630. The summed E-state index contributed by atoms with van der Waals surface area (Å²) in [5.41, 5.74) is 7.15. The third kappa shape index (κ3) is 14.2. The molecule has 0 bridgehead atoms. The van der Waals surface area contributed by atoms with Gasteiger partial charge in [0, 0.05) is 97.6 Å². The second-order valence-electron chi connectivity index (χ2n) is 26.6. The molecule has 6 aromatic carbocycles. The second-order valence-corrected chi connectivity index (χ2v) is 27.2. The van der Waals surface area contributed by atoms with Gasteiger partial charge in [0.15, 0.2) is 35.5 Å². The number of nitrogens with zero attached hydrogens (tertiary/aromatic N) is 8. The number of aromatic nitrogens is 2. The number of methoxy groups -OCH3 is 2. The predicted molar refractivity (Wildman–Crippen MR) is 391 cm³/mol. The topological polar surface area (TPSA) is 245 Å². The standard InChI is InChI=1S/C44H47ClN4O9.C35H33ClN4O5/c1-3-18-56-44(53)49-34-23-38(37(54-2)21-32(34)42(52)47-17-8-6-15-33(47)43(49)58-40-16-7-9-19-55-40)57-26-29-12-10-11-28(46-29)20-39(51)48-25-27(24-45)41-31-14-5-4-13-30(31)36(50)22-35(41)48;1-44-31-14-27-28(37-18-24-9-4-5-12-39(24)35(27)43)15-32(31)45-20-23-8-6-7-22(38-23)13-33(42)40-19-21(17-36)34-26-11-3-2-10-25(26)30(41)16-29(34)40/h3-5,10-14,21-23,27,33,40,43,50H,1,6-9,15-20,24-26H2,2H3;2-3,6-8,10-11,14-16,18,21,24,41H,4-5,9,12-13,17,19-20H2,1H3/t27-,33+,40?,43?;21-,24+/m11/s1. The quantitative estimate of drug-likeness (QED) is 0.0599. The number of amides is 5. The first-order valence-corrected chi connectivity index (χ1v) is 36.1. The number of alkyl halides is 2. The molecule has 8 aromatic rings. The van der Waals surface area contributed by atoms with Crippen LogP contribution in [0.1, 0.15) is 124 Å². The molecule has 0 saturated carbocycles. The van der Waals surface area contributed by atoms with Crippen LogP contribution < -0.4 is 33.6 Å². The molecule has 0 spiro atoms. The normalized spacial score (nSPS) is 20.3. The van der Waals surface area contributed by atoms with Crippen LogP contribution in [0.15, 0.2) is 139 Å². The van der Waals surface area contributed by atoms with Crippen LogP contribution in [0, 0.1) is 0 Å². The number of carbonyl (C=O) groups is 5. The number of phenols is 2. The van der Waals surface area contributed by atoms with Gasteiger partial charge in [-0.1, -0.05) is 73.3 Å². The Morgan fingerprint density at radius 2 is 1.14 bits per heavy atom. The van der Waals surface area contributed by atoms with E-state index in [9.17, 15) is 34.2 Å². The molecule has 2 unspecified atom stereocenters. The first kappa shape index (κ1) is 70.1. The van der Waals surface area contributed by atoms with Gasteiger partial charge in [0.05, 0.1) is 95.8 Å². The summed E-state index contributed by atoms with van der Waals surface area (Å²) in [5.74, 6) is 1.64. The molecule has 3 saturated heterocycles. The van der Waals surface area contributed by atoms with E-state index in [2.05, 4.69) is 11.6 Å². The molecule has 2 aromatic heterocycles. The lowest BCUT2D eigenvalue weighted by molar-refractivity contribution is -0.198. The number of hydrogen-bond donors (Lipinski definition) is 2. The van der Waals surface area contributed by atoms with Crippen LogP contribution in [0.4, 0.5) is 27.5 Å². The summed E-state index contributed by atoms with van der Waals surface area (Å²) in [7, 11) is 3.03. The van der Waals surface area contributed by atoms with E-state index in [-0.39, 0.29) is 103 Å². The Kier molecular flexibility index (Phi) is 21.0. The minimum atomic E-state index is -0.895. The molecule has 7 aliphatic heterocycles. The molecule has 22 nitrogen and oxygen atoms in total. The summed E-state index contributed by atoms with van der Waals surface area (Å²) in [6.45, 7) is 6.38. The fourth-order valence-corrected chi connectivity index (χ4v) is 15.8. The lowest BCUT2D eigenvalue weighted by Crippen LogP contribution is -2.57. The van der Waals surface area contributed by atoms with E-state index in [0.29, 0.717) is 113 Å². The van der Waals surface area contributed by atoms with Crippen molar-refractivity contribution in [2.24, 2.45) is 4.99 Å². The summed E-state index contributed by atoms with van der Waals surface area (Å²) in [6, 6.07) is 35.6. The molecule has 0 aliphatic carbocycles. The monoisotopic (exact) mass is 1430 g/mol. The van der Waals surface area contributed by atoms with Crippen LogP contribution in [0.2, 0.25) is 0 Å². The zero-order valence-electron chi connectivity index (χ0n) is 57.3. The van der Waals surface area contributed by atoms with Gasteiger partial charge < -0.3 is 63.0 Å². The van der Waals surface area contributed by atoms with Gasteiger partial charge in [0.2, 0.25) is 11.8 Å². The van der Waals surface area contributed by atoms with Gasteiger partial charge in [-0.25, -0.2) is 9.69 Å². The number of aliphatic imine (C=N–C) groups is 1. The molecule has 9 heterocycles. The molecule has 534 valence electrons. The van der Waals surface area contributed by atoms with Crippen LogP contribution >= 0.6 is 23.2 Å². The molecule has 3 fully saturated rings. The lowest BCUT2D eigenvalue weighted by atomic mass is 9.95. The highest BCUT2D eigenvalue weighted by Gasteiger charge is 2.47. The SMILES string of the molecule is C=CCOC(=O)N1c2cc(OCc3cccc(CC(=O)N4C[C@@H](CCl)c5c4cc(O)c4ccccc54)n3)c(OC)cc2C(=O)N2CCCC[C@H]2C1OC1CCCCO1.COc1cc2c(cc1OCc1cccc(CC(=O)N3C[C@@H](CCl)c4c3cc(O)c3ccccc43)n1)N=C[C@@H]1CCCCN1C2=O. The molecule has 24 heteroatoms. The number of phenolic OH excluding ortho intramolecular Hbond substituents is 2. The molecule has 0 radical (unpaired) electrons. The van der Waals surface area contributed by atoms with Crippen LogP contribution in [-0.2, 0) is 49.9 Å². The van der Waals surface area contributed by atoms with Crippen molar-refractivity contribution in [3.8, 4) is 34.5 Å². The number of hydrogen-bond acceptors (Lipinski definition) is 17. The minimum absolute atomic E-state index is 0.00330. The maximum atomic E-state index is 14.3. The molecule has 2 N–H and O–H groups in total. The van der Waals surface area contributed by atoms with E-state index in [4.69, 9.17) is 66.3 Å². The van der Waals surface area contributed by atoms with Gasteiger partial charge in [-0.3, -0.25) is 34.1 Å². The number of rotatable bonds is 18. The highest BCUT2D eigenvalue weighted by molar-refractivity contribution is 6.19. The number of ether oxygens (including phenoxy) is 7. The highest BCUT2D eigenvalue weighted by Crippen LogP contribution is 2.49. The third-order valence-electron chi connectivity index (χ3n) is 20.2. The number of fused-ring (bicyclic) bond motifs is 10. The number of carbonyl (C=O) groups excluding carboxylic acids is 5. The molecular formula is C79H80Cl2N8O14. The third-order valence-corrected chi connectivity index (χ3v) is 21.0. The Morgan fingerprint density at radius 3 is 1.70 bits per heavy atom. The van der Waals surface area contributed by atoms with Gasteiger partial charge in [-0.15, -0.1) is 23.2 Å². The van der Waals surface area contributed by atoms with Crippen LogP contribution in [0.3, 0.4) is 0 Å². The largest absolute Gasteiger partial charge is 0.507 e. The zero-order chi connectivity index (χ0) is 71.4. The summed E-state index contributed by atoms with van der Waals surface area (Å²) >= 11 is 12.8. The minimum Gasteiger partial charge on any atom is -0.507 e. The lowest BCUT2D eigenvalue weighted by Gasteiger charge is -2.42. The van der Waals surface area contributed by atoms with E-state index in [1.54, 1.807) is 70.3 Å². The summed E-state index contributed by atoms with van der Waals surface area (Å²) in [6.07, 6.45) is 9.07. The first-order chi connectivity index (χ1) is 50.2. The highest BCUT2D eigenvalue weighted by atomic mass is 35.5. The Hall–Kier alpha value is -10.0. The number of halogens is 2. The maximum Gasteiger partial charge on any atom is 0.416 e. The van der Waals surface area contributed by atoms with Gasteiger partial charge in [0.1, 0.15) is 31.3 Å². The van der Waals surface area contributed by atoms with Crippen molar-refractivity contribution in [3.63, 3.8) is 0 Å². The Labute approximate surface area is 606 Å². The van der Waals surface area contributed by atoms with Gasteiger partial charge in [-0.2, -0.15) is 0 Å². The molecule has 5 amide bonds. The maximum absolute atomic E-state index is 14.3. The van der Waals surface area contributed by atoms with Crippen molar-refractivity contribution in [1.29, 1.82) is 0 Å². The molecule has 6 atom stereocenters. The summed E-state index contributed by atoms with van der Waals surface area (Å²) in [4.78, 5) is 91.7. The average Bonchev–Trinajstić information content (AvgIpc) is 1.64.